The van der Waals surface area contributed by atoms with Crippen molar-refractivity contribution in [3.63, 3.8) is 0 Å². The summed E-state index contributed by atoms with van der Waals surface area (Å²) in [6.07, 6.45) is 2.92. The lowest BCUT2D eigenvalue weighted by Crippen LogP contribution is -2.33. The van der Waals surface area contributed by atoms with E-state index < -0.39 is 0 Å². The van der Waals surface area contributed by atoms with Crippen LogP contribution < -0.4 is 0 Å². The second-order valence-electron chi connectivity index (χ2n) is 4.61. The van der Waals surface area contributed by atoms with Crippen LogP contribution in [0.3, 0.4) is 0 Å². The number of hydrogen-bond acceptors (Lipinski definition) is 2. The molecule has 2 heterocycles. The van der Waals surface area contributed by atoms with Gasteiger partial charge >= 0.3 is 0 Å². The van der Waals surface area contributed by atoms with Gasteiger partial charge in [-0.2, -0.15) is 5.10 Å². The maximum Gasteiger partial charge on any atom is 0.155 e. The van der Waals surface area contributed by atoms with Crippen molar-refractivity contribution in [3.05, 3.63) is 18.0 Å². The van der Waals surface area contributed by atoms with Gasteiger partial charge in [0.1, 0.15) is 0 Å². The Balaban J connectivity index is 2.35. The standard InChI is InChI=1S/C10H16N2O/c1-10(2,3)9-12-8(4-6-11-12)5-7-13-9/h4,6,9H,5,7H2,1-3H3. The quantitative estimate of drug-likeness (QED) is 0.610. The lowest BCUT2D eigenvalue weighted by molar-refractivity contribution is -0.0919. The molecule has 0 bridgehead atoms. The van der Waals surface area contributed by atoms with Crippen LogP contribution in [0.5, 0.6) is 0 Å². The van der Waals surface area contributed by atoms with Crippen LogP contribution in [-0.4, -0.2) is 16.4 Å². The summed E-state index contributed by atoms with van der Waals surface area (Å²) < 4.78 is 7.73. The number of ether oxygens (including phenoxy) is 1. The highest BCUT2D eigenvalue weighted by atomic mass is 16.5. The Kier molecular flexibility index (Phi) is 1.91. The summed E-state index contributed by atoms with van der Waals surface area (Å²) in [5.74, 6) is 0. The van der Waals surface area contributed by atoms with Crippen molar-refractivity contribution in [2.24, 2.45) is 5.41 Å². The average molecular weight is 180 g/mol. The first kappa shape index (κ1) is 8.75. The van der Waals surface area contributed by atoms with Crippen molar-refractivity contribution in [3.8, 4) is 0 Å². The Bertz CT molecular complexity index is 298. The molecule has 0 aliphatic carbocycles. The fourth-order valence-electron chi connectivity index (χ4n) is 1.71. The molecule has 0 amide bonds. The fourth-order valence-corrected chi connectivity index (χ4v) is 1.71. The molecule has 1 atom stereocenters. The molecular weight excluding hydrogens is 164 g/mol. The van der Waals surface area contributed by atoms with Gasteiger partial charge in [0.2, 0.25) is 0 Å². The van der Waals surface area contributed by atoms with Gasteiger partial charge in [0.15, 0.2) is 6.23 Å². The molecule has 2 rings (SSSR count). The number of fused-ring (bicyclic) bond motifs is 1. The smallest absolute Gasteiger partial charge is 0.155 e. The zero-order valence-corrected chi connectivity index (χ0v) is 8.45. The van der Waals surface area contributed by atoms with Crippen LogP contribution in [0.4, 0.5) is 0 Å². The minimum absolute atomic E-state index is 0.0891. The van der Waals surface area contributed by atoms with Gasteiger partial charge in [-0.1, -0.05) is 20.8 Å². The summed E-state index contributed by atoms with van der Waals surface area (Å²) in [7, 11) is 0. The van der Waals surface area contributed by atoms with E-state index in [0.29, 0.717) is 0 Å². The molecule has 1 unspecified atom stereocenters. The van der Waals surface area contributed by atoms with Crippen LogP contribution in [0.2, 0.25) is 0 Å². The predicted octanol–water partition coefficient (Wildman–Crippen LogP) is 2.00. The summed E-state index contributed by atoms with van der Waals surface area (Å²) in [4.78, 5) is 0. The number of rotatable bonds is 0. The van der Waals surface area contributed by atoms with Crippen LogP contribution in [0.25, 0.3) is 0 Å². The van der Waals surface area contributed by atoms with Crippen LogP contribution >= 0.6 is 0 Å². The molecule has 0 fully saturated rings. The third kappa shape index (κ3) is 1.48. The molecule has 1 aromatic rings. The molecule has 0 N–H and O–H groups in total. The SMILES string of the molecule is CC(C)(C)C1OCCc2ccnn21. The molecular formula is C10H16N2O. The zero-order valence-electron chi connectivity index (χ0n) is 8.45. The van der Waals surface area contributed by atoms with Crippen LogP contribution in [-0.2, 0) is 11.2 Å². The first-order chi connectivity index (χ1) is 6.09. The Morgan fingerprint density at radius 2 is 2.31 bits per heavy atom. The monoisotopic (exact) mass is 180 g/mol. The summed E-state index contributed by atoms with van der Waals surface area (Å²) >= 11 is 0. The van der Waals surface area contributed by atoms with E-state index in [1.807, 2.05) is 10.9 Å². The molecule has 1 aliphatic rings. The molecule has 0 saturated carbocycles. The Morgan fingerprint density at radius 3 is 3.00 bits per heavy atom. The van der Waals surface area contributed by atoms with Crippen molar-refractivity contribution in [2.45, 2.75) is 33.4 Å². The molecule has 3 heteroatoms. The summed E-state index contributed by atoms with van der Waals surface area (Å²) in [5, 5.41) is 4.30. The zero-order chi connectivity index (χ0) is 9.47. The third-order valence-electron chi connectivity index (χ3n) is 2.35. The molecule has 3 nitrogen and oxygen atoms in total. The van der Waals surface area contributed by atoms with Crippen LogP contribution in [0.1, 0.15) is 32.7 Å². The van der Waals surface area contributed by atoms with E-state index in [1.165, 1.54) is 5.69 Å². The van der Waals surface area contributed by atoms with Gasteiger partial charge in [-0.05, 0) is 6.07 Å². The van der Waals surface area contributed by atoms with Crippen LogP contribution in [0.15, 0.2) is 12.3 Å². The second-order valence-corrected chi connectivity index (χ2v) is 4.61. The number of nitrogens with zero attached hydrogens (tertiary/aromatic N) is 2. The molecule has 0 spiro atoms. The number of hydrogen-bond donors (Lipinski definition) is 0. The first-order valence-corrected chi connectivity index (χ1v) is 4.73. The van der Waals surface area contributed by atoms with E-state index in [1.54, 1.807) is 0 Å². The van der Waals surface area contributed by atoms with Gasteiger partial charge in [0, 0.05) is 23.7 Å². The minimum Gasteiger partial charge on any atom is -0.356 e. The molecule has 72 valence electrons. The van der Waals surface area contributed by atoms with Crippen molar-refractivity contribution in [1.82, 2.24) is 9.78 Å². The van der Waals surface area contributed by atoms with E-state index in [2.05, 4.69) is 31.9 Å². The third-order valence-corrected chi connectivity index (χ3v) is 2.35. The average Bonchev–Trinajstić information content (AvgIpc) is 2.48. The van der Waals surface area contributed by atoms with E-state index in [4.69, 9.17) is 4.74 Å². The molecule has 1 aliphatic heterocycles. The molecule has 13 heavy (non-hydrogen) atoms. The fraction of sp³-hybridized carbons (Fsp3) is 0.700. The van der Waals surface area contributed by atoms with E-state index >= 15 is 0 Å². The van der Waals surface area contributed by atoms with Crippen molar-refractivity contribution in [2.75, 3.05) is 6.61 Å². The molecule has 0 saturated heterocycles. The highest BCUT2D eigenvalue weighted by Crippen LogP contribution is 2.34. The maximum atomic E-state index is 5.73. The van der Waals surface area contributed by atoms with E-state index in [-0.39, 0.29) is 11.6 Å². The van der Waals surface area contributed by atoms with Crippen molar-refractivity contribution >= 4 is 0 Å². The van der Waals surface area contributed by atoms with Gasteiger partial charge in [-0.15, -0.1) is 0 Å². The summed E-state index contributed by atoms with van der Waals surface area (Å²) in [6.45, 7) is 7.34. The van der Waals surface area contributed by atoms with Gasteiger partial charge < -0.3 is 4.74 Å². The summed E-state index contributed by atoms with van der Waals surface area (Å²) in [6, 6.07) is 2.07. The van der Waals surface area contributed by atoms with Gasteiger partial charge in [0.25, 0.3) is 0 Å². The number of aromatic nitrogens is 2. The Labute approximate surface area is 78.7 Å². The lowest BCUT2D eigenvalue weighted by atomic mass is 9.93. The van der Waals surface area contributed by atoms with E-state index in [0.717, 1.165) is 13.0 Å². The molecule has 1 aromatic heterocycles. The highest BCUT2D eigenvalue weighted by molar-refractivity contribution is 5.04. The minimum atomic E-state index is 0.0891. The van der Waals surface area contributed by atoms with E-state index in [9.17, 15) is 0 Å². The largest absolute Gasteiger partial charge is 0.356 e. The second kappa shape index (κ2) is 2.84. The Hall–Kier alpha value is -0.830. The lowest BCUT2D eigenvalue weighted by Gasteiger charge is -2.34. The Morgan fingerprint density at radius 1 is 1.54 bits per heavy atom. The van der Waals surface area contributed by atoms with Gasteiger partial charge in [0.05, 0.1) is 6.61 Å². The van der Waals surface area contributed by atoms with Crippen LogP contribution in [0, 0.1) is 5.41 Å². The maximum absolute atomic E-state index is 5.73. The molecule has 0 radical (unpaired) electrons. The van der Waals surface area contributed by atoms with Crippen molar-refractivity contribution < 1.29 is 4.74 Å². The van der Waals surface area contributed by atoms with Gasteiger partial charge in [-0.25, -0.2) is 4.68 Å². The molecule has 0 aromatic carbocycles. The first-order valence-electron chi connectivity index (χ1n) is 4.73. The van der Waals surface area contributed by atoms with Gasteiger partial charge in [-0.3, -0.25) is 0 Å². The predicted molar refractivity (Wildman–Crippen MR) is 50.4 cm³/mol. The topological polar surface area (TPSA) is 27.1 Å². The van der Waals surface area contributed by atoms with Crippen molar-refractivity contribution in [1.29, 1.82) is 0 Å². The normalized spacial score (nSPS) is 22.8. The summed E-state index contributed by atoms with van der Waals surface area (Å²) in [5.41, 5.74) is 1.40. The highest BCUT2D eigenvalue weighted by Gasteiger charge is 2.31.